The van der Waals surface area contributed by atoms with Gasteiger partial charge in [0.05, 0.1) is 20.8 Å². The summed E-state index contributed by atoms with van der Waals surface area (Å²) in [6.07, 6.45) is 2.88. The van der Waals surface area contributed by atoms with Gasteiger partial charge < -0.3 is 25.3 Å². The highest BCUT2D eigenvalue weighted by Crippen LogP contribution is 2.27. The fourth-order valence-electron chi connectivity index (χ4n) is 4.34. The van der Waals surface area contributed by atoms with E-state index in [1.54, 1.807) is 38.2 Å². The molecule has 0 unspecified atom stereocenters. The molecule has 0 bridgehead atoms. The Hall–Kier alpha value is -4.18. The SMILES string of the molecule is COCCC[n+]1c(N)c(C(=O)NCCc2ccc(OC)c(OC)c2)cc2c(=O)n3cccc(C)c3nc21. The number of nitrogens with one attached hydrogen (secondary N) is 1. The first kappa shape index (κ1) is 25.9. The summed E-state index contributed by atoms with van der Waals surface area (Å²) in [6, 6.07) is 10.8. The molecule has 3 N–H and O–H groups in total. The number of amides is 1. The second kappa shape index (κ2) is 11.3. The van der Waals surface area contributed by atoms with Gasteiger partial charge in [0.2, 0.25) is 11.5 Å². The Kier molecular flexibility index (Phi) is 7.88. The molecule has 10 nitrogen and oxygen atoms in total. The molecule has 0 saturated carbocycles. The number of carbonyl (C=O) groups excluding carboxylic acids is 1. The molecule has 3 heterocycles. The smallest absolute Gasteiger partial charge is 0.278 e. The first-order chi connectivity index (χ1) is 17.9. The van der Waals surface area contributed by atoms with E-state index in [9.17, 15) is 9.59 Å². The van der Waals surface area contributed by atoms with E-state index in [0.29, 0.717) is 60.7 Å². The number of anilines is 1. The molecule has 0 fully saturated rings. The number of nitrogens with two attached hydrogens (primary N) is 1. The molecule has 0 saturated heterocycles. The topological polar surface area (TPSA) is 121 Å². The third-order valence-corrected chi connectivity index (χ3v) is 6.30. The predicted molar refractivity (Wildman–Crippen MR) is 140 cm³/mol. The number of hydrogen-bond donors (Lipinski definition) is 2. The van der Waals surface area contributed by atoms with Gasteiger partial charge in [-0.1, -0.05) is 17.1 Å². The monoisotopic (exact) mass is 506 g/mol. The molecule has 0 aliphatic carbocycles. The van der Waals surface area contributed by atoms with E-state index in [0.717, 1.165) is 11.1 Å². The summed E-state index contributed by atoms with van der Waals surface area (Å²) in [4.78, 5) is 31.4. The van der Waals surface area contributed by atoms with E-state index < -0.39 is 0 Å². The molecule has 4 rings (SSSR count). The van der Waals surface area contributed by atoms with Crippen LogP contribution in [0, 0.1) is 6.92 Å². The lowest BCUT2D eigenvalue weighted by Crippen LogP contribution is -2.43. The Balaban J connectivity index is 1.68. The van der Waals surface area contributed by atoms with Crippen molar-refractivity contribution in [3.8, 4) is 11.5 Å². The minimum Gasteiger partial charge on any atom is -0.493 e. The molecule has 194 valence electrons. The van der Waals surface area contributed by atoms with Gasteiger partial charge in [0.1, 0.15) is 10.9 Å². The minimum absolute atomic E-state index is 0.226. The standard InChI is InChI=1S/C27H31N5O5/c1-17-7-5-12-32-24(17)30-25-20(27(32)34)16-19(23(28)31(25)13-6-14-35-2)26(33)29-11-10-18-8-9-21(36-3)22(15-18)37-4/h5,7-9,12,15-16,28H,6,10-11,13-14H2,1-4H3,(H,29,33)/p+1. The number of hydrogen-bond acceptors (Lipinski definition) is 7. The van der Waals surface area contributed by atoms with Crippen molar-refractivity contribution in [1.29, 1.82) is 0 Å². The van der Waals surface area contributed by atoms with Gasteiger partial charge in [0.25, 0.3) is 17.1 Å². The number of aromatic nitrogens is 3. The number of ether oxygens (including phenoxy) is 3. The van der Waals surface area contributed by atoms with E-state index in [-0.39, 0.29) is 22.8 Å². The minimum atomic E-state index is -0.367. The second-order valence-electron chi connectivity index (χ2n) is 8.68. The van der Waals surface area contributed by atoms with Crippen LogP contribution >= 0.6 is 0 Å². The zero-order valence-corrected chi connectivity index (χ0v) is 21.5. The van der Waals surface area contributed by atoms with Crippen LogP contribution in [0.15, 0.2) is 47.4 Å². The zero-order chi connectivity index (χ0) is 26.5. The summed E-state index contributed by atoms with van der Waals surface area (Å²) < 4.78 is 19.0. The van der Waals surface area contributed by atoms with Crippen molar-refractivity contribution < 1.29 is 23.6 Å². The lowest BCUT2D eigenvalue weighted by molar-refractivity contribution is -0.659. The highest BCUT2D eigenvalue weighted by atomic mass is 16.5. The molecular formula is C27H32N5O5+. The van der Waals surface area contributed by atoms with Crippen LogP contribution in [0.25, 0.3) is 16.7 Å². The van der Waals surface area contributed by atoms with Crippen LogP contribution in [0.3, 0.4) is 0 Å². The van der Waals surface area contributed by atoms with Crippen molar-refractivity contribution in [1.82, 2.24) is 14.7 Å². The predicted octanol–water partition coefficient (Wildman–Crippen LogP) is 2.05. The summed E-state index contributed by atoms with van der Waals surface area (Å²) in [5.41, 5.74) is 9.29. The van der Waals surface area contributed by atoms with Gasteiger partial charge >= 0.3 is 0 Å². The molecule has 1 amide bonds. The van der Waals surface area contributed by atoms with E-state index in [1.807, 2.05) is 31.2 Å². The molecule has 0 aliphatic heterocycles. The third-order valence-electron chi connectivity index (χ3n) is 6.30. The normalized spacial score (nSPS) is 11.1. The number of aryl methyl sites for hydroxylation is 2. The largest absolute Gasteiger partial charge is 0.493 e. The van der Waals surface area contributed by atoms with Crippen molar-refractivity contribution in [2.24, 2.45) is 0 Å². The Bertz CT molecular complexity index is 1520. The fraction of sp³-hybridized carbons (Fsp3) is 0.333. The van der Waals surface area contributed by atoms with Gasteiger partial charge in [-0.05, 0) is 43.2 Å². The van der Waals surface area contributed by atoms with Crippen molar-refractivity contribution in [2.45, 2.75) is 26.3 Å². The van der Waals surface area contributed by atoms with Gasteiger partial charge in [0.15, 0.2) is 11.5 Å². The molecule has 0 atom stereocenters. The number of fused-ring (bicyclic) bond motifs is 2. The number of pyridine rings is 2. The number of rotatable bonds is 10. The number of benzene rings is 1. The lowest BCUT2D eigenvalue weighted by atomic mass is 10.1. The molecule has 0 radical (unpaired) electrons. The van der Waals surface area contributed by atoms with E-state index >= 15 is 0 Å². The van der Waals surface area contributed by atoms with Crippen LogP contribution in [0.4, 0.5) is 5.82 Å². The van der Waals surface area contributed by atoms with E-state index in [2.05, 4.69) is 5.32 Å². The van der Waals surface area contributed by atoms with Gasteiger partial charge in [-0.15, -0.1) is 0 Å². The van der Waals surface area contributed by atoms with Crippen LogP contribution in [-0.4, -0.2) is 49.8 Å². The van der Waals surface area contributed by atoms with Crippen LogP contribution in [-0.2, 0) is 17.7 Å². The molecule has 3 aromatic heterocycles. The number of nitrogens with zero attached hydrogens (tertiary/aromatic N) is 3. The molecule has 0 spiro atoms. The molecule has 37 heavy (non-hydrogen) atoms. The molecule has 4 aromatic rings. The molecule has 0 aliphatic rings. The average Bonchev–Trinajstić information content (AvgIpc) is 2.90. The maximum absolute atomic E-state index is 13.4. The quantitative estimate of drug-likeness (QED) is 0.192. The molecule has 10 heteroatoms. The van der Waals surface area contributed by atoms with Crippen LogP contribution in [0.1, 0.15) is 27.9 Å². The van der Waals surface area contributed by atoms with Crippen LogP contribution in [0.2, 0.25) is 0 Å². The number of nitrogen functional groups attached to an aromatic ring is 1. The average molecular weight is 507 g/mol. The van der Waals surface area contributed by atoms with Gasteiger partial charge in [-0.25, -0.2) is 4.57 Å². The van der Waals surface area contributed by atoms with Crippen molar-refractivity contribution in [3.63, 3.8) is 0 Å². The summed E-state index contributed by atoms with van der Waals surface area (Å²) in [5.74, 6) is 1.14. The second-order valence-corrected chi connectivity index (χ2v) is 8.68. The van der Waals surface area contributed by atoms with E-state index in [1.165, 1.54) is 10.5 Å². The Morgan fingerprint density at radius 2 is 1.92 bits per heavy atom. The fourth-order valence-corrected chi connectivity index (χ4v) is 4.34. The maximum atomic E-state index is 13.4. The lowest BCUT2D eigenvalue weighted by Gasteiger charge is -2.13. The van der Waals surface area contributed by atoms with Crippen molar-refractivity contribution >= 4 is 28.4 Å². The van der Waals surface area contributed by atoms with Gasteiger partial charge in [-0.3, -0.25) is 14.0 Å². The zero-order valence-electron chi connectivity index (χ0n) is 21.5. The van der Waals surface area contributed by atoms with Crippen LogP contribution in [0.5, 0.6) is 11.5 Å². The number of methoxy groups -OCH3 is 3. The van der Waals surface area contributed by atoms with Gasteiger partial charge in [-0.2, -0.15) is 0 Å². The first-order valence-corrected chi connectivity index (χ1v) is 12.0. The van der Waals surface area contributed by atoms with E-state index in [4.69, 9.17) is 24.9 Å². The van der Waals surface area contributed by atoms with Crippen molar-refractivity contribution in [3.05, 3.63) is 69.6 Å². The summed E-state index contributed by atoms with van der Waals surface area (Å²) in [5, 5.41) is 3.24. The highest BCUT2D eigenvalue weighted by molar-refractivity contribution is 6.00. The molecular weight excluding hydrogens is 474 g/mol. The highest BCUT2D eigenvalue weighted by Gasteiger charge is 2.24. The third kappa shape index (κ3) is 5.19. The summed E-state index contributed by atoms with van der Waals surface area (Å²) in [7, 11) is 4.78. The van der Waals surface area contributed by atoms with Gasteiger partial charge in [0, 0.05) is 38.4 Å². The first-order valence-electron chi connectivity index (χ1n) is 12.0. The Morgan fingerprint density at radius 1 is 1.14 bits per heavy atom. The molecule has 1 aromatic carbocycles. The van der Waals surface area contributed by atoms with Crippen molar-refractivity contribution in [2.75, 3.05) is 40.2 Å². The maximum Gasteiger partial charge on any atom is 0.278 e. The Morgan fingerprint density at radius 3 is 2.65 bits per heavy atom. The summed E-state index contributed by atoms with van der Waals surface area (Å²) >= 11 is 0. The number of carbonyl (C=O) groups is 1. The van der Waals surface area contributed by atoms with Crippen LogP contribution < -0.4 is 30.7 Å². The summed E-state index contributed by atoms with van der Waals surface area (Å²) in [6.45, 7) is 3.20. The Labute approximate surface area is 214 Å².